The van der Waals surface area contributed by atoms with E-state index >= 15 is 0 Å². The van der Waals surface area contributed by atoms with E-state index < -0.39 is 0 Å². The van der Waals surface area contributed by atoms with Gasteiger partial charge in [0.25, 0.3) is 5.91 Å². The summed E-state index contributed by atoms with van der Waals surface area (Å²) in [6, 6.07) is 11.4. The van der Waals surface area contributed by atoms with Crippen LogP contribution in [0, 0.1) is 0 Å². The van der Waals surface area contributed by atoms with Crippen LogP contribution in [0.3, 0.4) is 0 Å². The first-order chi connectivity index (χ1) is 13.7. The van der Waals surface area contributed by atoms with E-state index in [1.54, 1.807) is 20.4 Å². The number of nitrogens with one attached hydrogen (secondary N) is 2. The van der Waals surface area contributed by atoms with Crippen LogP contribution < -0.4 is 15.4 Å². The Morgan fingerprint density at radius 3 is 2.66 bits per heavy atom. The molecule has 0 saturated heterocycles. The van der Waals surface area contributed by atoms with Gasteiger partial charge in [-0.05, 0) is 49.7 Å². The minimum atomic E-state index is -0.167. The van der Waals surface area contributed by atoms with Gasteiger partial charge in [0.05, 0.1) is 19.0 Å². The summed E-state index contributed by atoms with van der Waals surface area (Å²) in [5.74, 6) is 1.37. The Kier molecular flexibility index (Phi) is 8.30. The van der Waals surface area contributed by atoms with E-state index in [-0.39, 0.29) is 18.3 Å². The number of nitrogens with zero attached hydrogens (tertiary/aromatic N) is 2. The molecule has 0 aliphatic heterocycles. The van der Waals surface area contributed by atoms with Crippen LogP contribution in [0.15, 0.2) is 42.6 Å². The lowest BCUT2D eigenvalue weighted by Gasteiger charge is -2.10. The summed E-state index contributed by atoms with van der Waals surface area (Å²) in [5.41, 5.74) is 2.26. The van der Waals surface area contributed by atoms with Crippen molar-refractivity contribution < 1.29 is 14.3 Å². The van der Waals surface area contributed by atoms with E-state index in [4.69, 9.17) is 9.47 Å². The number of anilines is 2. The van der Waals surface area contributed by atoms with Gasteiger partial charge in [0.15, 0.2) is 0 Å². The average molecular weight is 419 g/mol. The molecule has 0 aliphatic carbocycles. The molecular formula is C21H27ClN4O3. The molecule has 29 heavy (non-hydrogen) atoms. The number of methoxy groups -OCH3 is 2. The summed E-state index contributed by atoms with van der Waals surface area (Å²) in [6.45, 7) is 4.21. The van der Waals surface area contributed by atoms with E-state index in [2.05, 4.69) is 15.6 Å². The summed E-state index contributed by atoms with van der Waals surface area (Å²) in [4.78, 5) is 17.2. The molecule has 0 aliphatic rings. The van der Waals surface area contributed by atoms with Crippen LogP contribution in [0.1, 0.15) is 23.8 Å². The van der Waals surface area contributed by atoms with Gasteiger partial charge in [-0.25, -0.2) is 4.98 Å². The Morgan fingerprint density at radius 1 is 1.17 bits per heavy atom. The zero-order valence-electron chi connectivity index (χ0n) is 16.9. The van der Waals surface area contributed by atoms with Gasteiger partial charge in [-0.15, -0.1) is 12.4 Å². The smallest absolute Gasteiger partial charge is 0.272 e. The molecule has 7 nitrogen and oxygen atoms in total. The monoisotopic (exact) mass is 418 g/mol. The standard InChI is InChI=1S/C21H26N4O3.ClH/c1-4-25-18-8-7-17(28-3)12-15(18)13-19(25)21(26)24-16-6-9-20(23-14-16)22-10-5-11-27-2;/h6-9,12-14H,4-5,10-11H2,1-3H3,(H,22,23)(H,24,26);1H. The molecular weight excluding hydrogens is 392 g/mol. The maximum Gasteiger partial charge on any atom is 0.272 e. The minimum Gasteiger partial charge on any atom is -0.497 e. The number of hydrogen-bond donors (Lipinski definition) is 2. The van der Waals surface area contributed by atoms with Crippen LogP contribution in [-0.4, -0.2) is 42.8 Å². The number of halogens is 1. The van der Waals surface area contributed by atoms with Gasteiger partial charge >= 0.3 is 0 Å². The largest absolute Gasteiger partial charge is 0.497 e. The molecule has 3 rings (SSSR count). The van der Waals surface area contributed by atoms with Gasteiger partial charge in [0.2, 0.25) is 0 Å². The Balaban J connectivity index is 0.00000300. The van der Waals surface area contributed by atoms with Crippen molar-refractivity contribution >= 4 is 40.7 Å². The Bertz CT molecular complexity index is 941. The molecule has 1 aromatic carbocycles. The second-order valence-electron chi connectivity index (χ2n) is 6.36. The third-order valence-electron chi connectivity index (χ3n) is 4.51. The van der Waals surface area contributed by atoms with Crippen molar-refractivity contribution in [3.05, 3.63) is 48.3 Å². The van der Waals surface area contributed by atoms with E-state index in [1.165, 1.54) is 0 Å². The molecule has 2 heterocycles. The number of ether oxygens (including phenoxy) is 2. The van der Waals surface area contributed by atoms with E-state index in [0.717, 1.165) is 35.4 Å². The molecule has 0 bridgehead atoms. The van der Waals surface area contributed by atoms with Crippen molar-refractivity contribution in [3.63, 3.8) is 0 Å². The number of carbonyl (C=O) groups excluding carboxylic acids is 1. The number of benzene rings is 1. The molecule has 1 amide bonds. The molecule has 8 heteroatoms. The first-order valence-corrected chi connectivity index (χ1v) is 9.33. The van der Waals surface area contributed by atoms with E-state index in [0.29, 0.717) is 24.5 Å². The molecule has 3 aromatic rings. The fourth-order valence-electron chi connectivity index (χ4n) is 3.11. The van der Waals surface area contributed by atoms with Gasteiger partial charge < -0.3 is 24.7 Å². The second kappa shape index (κ2) is 10.7. The number of carbonyl (C=O) groups is 1. The lowest BCUT2D eigenvalue weighted by atomic mass is 10.2. The third kappa shape index (κ3) is 5.40. The zero-order chi connectivity index (χ0) is 19.9. The molecule has 2 aromatic heterocycles. The molecule has 156 valence electrons. The first-order valence-electron chi connectivity index (χ1n) is 9.33. The molecule has 2 N–H and O–H groups in total. The number of amides is 1. The summed E-state index contributed by atoms with van der Waals surface area (Å²) in [7, 11) is 3.32. The highest BCUT2D eigenvalue weighted by atomic mass is 35.5. The number of aromatic nitrogens is 2. The quantitative estimate of drug-likeness (QED) is 0.509. The summed E-state index contributed by atoms with van der Waals surface area (Å²) in [5, 5.41) is 7.12. The molecule has 0 saturated carbocycles. The van der Waals surface area contributed by atoms with Gasteiger partial charge in [0, 0.05) is 37.7 Å². The van der Waals surface area contributed by atoms with Crippen LogP contribution in [-0.2, 0) is 11.3 Å². The van der Waals surface area contributed by atoms with Crippen molar-refractivity contribution in [2.24, 2.45) is 0 Å². The molecule has 0 radical (unpaired) electrons. The highest BCUT2D eigenvalue weighted by molar-refractivity contribution is 6.06. The highest BCUT2D eigenvalue weighted by Gasteiger charge is 2.15. The summed E-state index contributed by atoms with van der Waals surface area (Å²) >= 11 is 0. The number of pyridine rings is 1. The second-order valence-corrected chi connectivity index (χ2v) is 6.36. The number of fused-ring (bicyclic) bond motifs is 1. The lowest BCUT2D eigenvalue weighted by Crippen LogP contribution is -2.16. The topological polar surface area (TPSA) is 77.4 Å². The fourth-order valence-corrected chi connectivity index (χ4v) is 3.11. The Hall–Kier alpha value is -2.77. The van der Waals surface area contributed by atoms with Crippen molar-refractivity contribution in [1.82, 2.24) is 9.55 Å². The van der Waals surface area contributed by atoms with Gasteiger partial charge in [-0.2, -0.15) is 0 Å². The third-order valence-corrected chi connectivity index (χ3v) is 4.51. The Labute approximate surface area is 176 Å². The fraction of sp³-hybridized carbons (Fsp3) is 0.333. The number of hydrogen-bond acceptors (Lipinski definition) is 5. The predicted molar refractivity (Wildman–Crippen MR) is 119 cm³/mol. The zero-order valence-corrected chi connectivity index (χ0v) is 17.7. The van der Waals surface area contributed by atoms with Crippen LogP contribution in [0.25, 0.3) is 10.9 Å². The maximum absolute atomic E-state index is 12.8. The van der Waals surface area contributed by atoms with E-state index in [9.17, 15) is 4.79 Å². The minimum absolute atomic E-state index is 0. The molecule has 0 atom stereocenters. The average Bonchev–Trinajstić information content (AvgIpc) is 3.10. The summed E-state index contributed by atoms with van der Waals surface area (Å²) < 4.78 is 12.3. The maximum atomic E-state index is 12.8. The van der Waals surface area contributed by atoms with Crippen molar-refractivity contribution in [3.8, 4) is 5.75 Å². The van der Waals surface area contributed by atoms with Crippen molar-refractivity contribution in [2.75, 3.05) is 38.0 Å². The van der Waals surface area contributed by atoms with Crippen molar-refractivity contribution in [1.29, 1.82) is 0 Å². The Morgan fingerprint density at radius 2 is 2.00 bits per heavy atom. The normalized spacial score (nSPS) is 10.4. The van der Waals surface area contributed by atoms with Crippen LogP contribution in [0.2, 0.25) is 0 Å². The number of aryl methyl sites for hydroxylation is 1. The van der Waals surface area contributed by atoms with Crippen LogP contribution in [0.4, 0.5) is 11.5 Å². The van der Waals surface area contributed by atoms with Gasteiger partial charge in [-0.1, -0.05) is 0 Å². The van der Waals surface area contributed by atoms with Crippen LogP contribution >= 0.6 is 12.4 Å². The SMILES string of the molecule is CCn1c(C(=O)Nc2ccc(NCCCOC)nc2)cc2cc(OC)ccc21.Cl. The van der Waals surface area contributed by atoms with Gasteiger partial charge in [-0.3, -0.25) is 4.79 Å². The molecule has 0 spiro atoms. The molecule has 0 unspecified atom stereocenters. The number of rotatable bonds is 9. The predicted octanol–water partition coefficient (Wildman–Crippen LogP) is 4.19. The summed E-state index contributed by atoms with van der Waals surface area (Å²) in [6.07, 6.45) is 2.56. The first kappa shape index (κ1) is 22.5. The van der Waals surface area contributed by atoms with Crippen molar-refractivity contribution in [2.45, 2.75) is 19.9 Å². The van der Waals surface area contributed by atoms with Crippen LogP contribution in [0.5, 0.6) is 5.75 Å². The molecule has 0 fully saturated rings. The van der Waals surface area contributed by atoms with E-state index in [1.807, 2.05) is 47.9 Å². The lowest BCUT2D eigenvalue weighted by molar-refractivity contribution is 0.101. The highest BCUT2D eigenvalue weighted by Crippen LogP contribution is 2.25. The van der Waals surface area contributed by atoms with Gasteiger partial charge in [0.1, 0.15) is 17.3 Å².